The van der Waals surface area contributed by atoms with Gasteiger partial charge in [0.05, 0.1) is 13.1 Å². The Labute approximate surface area is 159 Å². The van der Waals surface area contributed by atoms with E-state index in [1.54, 1.807) is 24.1 Å². The Bertz CT molecular complexity index is 641. The normalized spacial score (nSPS) is 23.1. The van der Waals surface area contributed by atoms with Crippen molar-refractivity contribution in [3.63, 3.8) is 0 Å². The number of nitrogens with zero attached hydrogens (tertiary/aromatic N) is 1. The molecule has 0 bridgehead atoms. The molecule has 1 aliphatic heterocycles. The van der Waals surface area contributed by atoms with Gasteiger partial charge in [-0.2, -0.15) is 0 Å². The van der Waals surface area contributed by atoms with Crippen LogP contribution < -0.4 is 15.4 Å². The third kappa shape index (κ3) is 4.81. The Balaban J connectivity index is 1.33. The molecule has 0 unspecified atom stereocenters. The summed E-state index contributed by atoms with van der Waals surface area (Å²) in [7, 11) is 1.69. The summed E-state index contributed by atoms with van der Waals surface area (Å²) >= 11 is 5.94. The number of ether oxygens (including phenoxy) is 1. The molecule has 6 nitrogen and oxygen atoms in total. The molecule has 2 aliphatic rings. The zero-order valence-electron chi connectivity index (χ0n) is 15.0. The van der Waals surface area contributed by atoms with Crippen molar-refractivity contribution < 1.29 is 14.3 Å². The first kappa shape index (κ1) is 18.8. The van der Waals surface area contributed by atoms with Crippen molar-refractivity contribution in [2.75, 3.05) is 26.7 Å². The third-order valence-electron chi connectivity index (χ3n) is 5.24. The van der Waals surface area contributed by atoms with Gasteiger partial charge < -0.3 is 20.3 Å². The largest absolute Gasteiger partial charge is 0.487 e. The predicted molar refractivity (Wildman–Crippen MR) is 100 cm³/mol. The predicted octanol–water partition coefficient (Wildman–Crippen LogP) is 2.67. The van der Waals surface area contributed by atoms with Gasteiger partial charge in [-0.1, -0.05) is 17.7 Å². The smallest absolute Gasteiger partial charge is 0.317 e. The molecule has 7 heteroatoms. The van der Waals surface area contributed by atoms with Crippen LogP contribution in [0, 0.1) is 11.8 Å². The van der Waals surface area contributed by atoms with Crippen molar-refractivity contribution in [1.82, 2.24) is 15.5 Å². The van der Waals surface area contributed by atoms with Crippen LogP contribution in [0.25, 0.3) is 0 Å². The van der Waals surface area contributed by atoms with Gasteiger partial charge in [0.15, 0.2) is 0 Å². The Morgan fingerprint density at radius 2 is 1.96 bits per heavy atom. The molecule has 0 atom stereocenters. The van der Waals surface area contributed by atoms with Gasteiger partial charge in [0.2, 0.25) is 5.91 Å². The SMILES string of the molecule is CNC(=O)C1CCC(CNC(=O)N2CC(Oc3cccc(Cl)c3)C2)CC1. The second kappa shape index (κ2) is 8.62. The van der Waals surface area contributed by atoms with Crippen LogP contribution in [0.5, 0.6) is 5.75 Å². The van der Waals surface area contributed by atoms with Gasteiger partial charge in [0.25, 0.3) is 0 Å². The molecule has 0 radical (unpaired) electrons. The molecule has 1 aliphatic carbocycles. The van der Waals surface area contributed by atoms with Gasteiger partial charge in [-0.05, 0) is 49.8 Å². The molecule has 0 spiro atoms. The minimum absolute atomic E-state index is 0.0159. The van der Waals surface area contributed by atoms with Gasteiger partial charge in [-0.15, -0.1) is 0 Å². The average molecular weight is 380 g/mol. The summed E-state index contributed by atoms with van der Waals surface area (Å²) in [5.41, 5.74) is 0. The number of hydrogen-bond acceptors (Lipinski definition) is 3. The molecule has 142 valence electrons. The second-order valence-corrected chi connectivity index (χ2v) is 7.56. The van der Waals surface area contributed by atoms with E-state index in [1.807, 2.05) is 12.1 Å². The van der Waals surface area contributed by atoms with Crippen LogP contribution in [0.4, 0.5) is 4.79 Å². The highest BCUT2D eigenvalue weighted by molar-refractivity contribution is 6.30. The molecule has 1 heterocycles. The molecule has 26 heavy (non-hydrogen) atoms. The highest BCUT2D eigenvalue weighted by atomic mass is 35.5. The summed E-state index contributed by atoms with van der Waals surface area (Å²) in [6, 6.07) is 7.25. The number of rotatable bonds is 5. The van der Waals surface area contributed by atoms with Crippen molar-refractivity contribution in [2.24, 2.45) is 11.8 Å². The summed E-state index contributed by atoms with van der Waals surface area (Å²) < 4.78 is 5.81. The number of amides is 3. The zero-order chi connectivity index (χ0) is 18.5. The van der Waals surface area contributed by atoms with Gasteiger partial charge in [-0.25, -0.2) is 4.79 Å². The highest BCUT2D eigenvalue weighted by Crippen LogP contribution is 2.28. The summed E-state index contributed by atoms with van der Waals surface area (Å²) in [5.74, 6) is 1.46. The fraction of sp³-hybridized carbons (Fsp3) is 0.579. The van der Waals surface area contributed by atoms with Gasteiger partial charge in [0, 0.05) is 24.5 Å². The molecular weight excluding hydrogens is 354 g/mol. The number of carbonyl (C=O) groups excluding carboxylic acids is 2. The second-order valence-electron chi connectivity index (χ2n) is 7.12. The van der Waals surface area contributed by atoms with Gasteiger partial charge in [-0.3, -0.25) is 4.79 Å². The first-order valence-electron chi connectivity index (χ1n) is 9.21. The first-order valence-corrected chi connectivity index (χ1v) is 9.59. The zero-order valence-corrected chi connectivity index (χ0v) is 15.8. The summed E-state index contributed by atoms with van der Waals surface area (Å²) in [5, 5.41) is 6.38. The number of urea groups is 1. The van der Waals surface area contributed by atoms with Crippen LogP contribution in [-0.2, 0) is 4.79 Å². The van der Waals surface area contributed by atoms with Gasteiger partial charge in [0.1, 0.15) is 11.9 Å². The molecule has 2 fully saturated rings. The molecular formula is C19H26ClN3O3. The molecule has 2 N–H and O–H groups in total. The van der Waals surface area contributed by atoms with E-state index in [4.69, 9.17) is 16.3 Å². The Kier molecular flexibility index (Phi) is 6.25. The maximum atomic E-state index is 12.2. The van der Waals surface area contributed by atoms with E-state index in [2.05, 4.69) is 10.6 Å². The van der Waals surface area contributed by atoms with Crippen molar-refractivity contribution in [1.29, 1.82) is 0 Å². The Hall–Kier alpha value is -1.95. The van der Waals surface area contributed by atoms with E-state index in [1.165, 1.54) is 0 Å². The monoisotopic (exact) mass is 379 g/mol. The molecule has 1 aromatic carbocycles. The maximum absolute atomic E-state index is 12.2. The summed E-state index contributed by atoms with van der Waals surface area (Å²) in [6.07, 6.45) is 3.79. The third-order valence-corrected chi connectivity index (χ3v) is 5.48. The molecule has 1 saturated carbocycles. The van der Waals surface area contributed by atoms with Crippen LogP contribution in [-0.4, -0.2) is 49.6 Å². The van der Waals surface area contributed by atoms with E-state index in [9.17, 15) is 9.59 Å². The van der Waals surface area contributed by atoms with Crippen molar-refractivity contribution in [2.45, 2.75) is 31.8 Å². The van der Waals surface area contributed by atoms with Crippen LogP contribution >= 0.6 is 11.6 Å². The van der Waals surface area contributed by atoms with E-state index < -0.39 is 0 Å². The fourth-order valence-corrected chi connectivity index (χ4v) is 3.77. The van der Waals surface area contributed by atoms with E-state index in [0.29, 0.717) is 30.6 Å². The minimum Gasteiger partial charge on any atom is -0.487 e. The van der Waals surface area contributed by atoms with E-state index >= 15 is 0 Å². The molecule has 3 rings (SSSR count). The molecule has 1 aromatic rings. The maximum Gasteiger partial charge on any atom is 0.317 e. The lowest BCUT2D eigenvalue weighted by Crippen LogP contribution is -2.59. The lowest BCUT2D eigenvalue weighted by atomic mass is 9.81. The number of benzene rings is 1. The quantitative estimate of drug-likeness (QED) is 0.826. The lowest BCUT2D eigenvalue weighted by Gasteiger charge is -2.39. The number of likely N-dealkylation sites (tertiary alicyclic amines) is 1. The Morgan fingerprint density at radius 1 is 1.23 bits per heavy atom. The molecule has 3 amide bonds. The van der Waals surface area contributed by atoms with E-state index in [0.717, 1.165) is 31.4 Å². The lowest BCUT2D eigenvalue weighted by molar-refractivity contribution is -0.125. The number of hydrogen-bond donors (Lipinski definition) is 2. The van der Waals surface area contributed by atoms with Crippen molar-refractivity contribution >= 4 is 23.5 Å². The number of carbonyl (C=O) groups is 2. The fourth-order valence-electron chi connectivity index (χ4n) is 3.59. The first-order chi connectivity index (χ1) is 12.5. The summed E-state index contributed by atoms with van der Waals surface area (Å²) in [6.45, 7) is 1.85. The topological polar surface area (TPSA) is 70.7 Å². The highest BCUT2D eigenvalue weighted by Gasteiger charge is 2.33. The van der Waals surface area contributed by atoms with Crippen molar-refractivity contribution in [3.8, 4) is 5.75 Å². The number of nitrogens with one attached hydrogen (secondary N) is 2. The summed E-state index contributed by atoms with van der Waals surface area (Å²) in [4.78, 5) is 25.6. The number of halogens is 1. The average Bonchev–Trinajstić information content (AvgIpc) is 2.62. The van der Waals surface area contributed by atoms with Crippen LogP contribution in [0.2, 0.25) is 5.02 Å². The standard InChI is InChI=1S/C19H26ClN3O3/c1-21-18(24)14-7-5-13(6-8-14)10-22-19(25)23-11-17(12-23)26-16-4-2-3-15(20)9-16/h2-4,9,13-14,17H,5-8,10-12H2,1H3,(H,21,24)(H,22,25). The van der Waals surface area contributed by atoms with E-state index in [-0.39, 0.29) is 24.0 Å². The Morgan fingerprint density at radius 3 is 2.62 bits per heavy atom. The molecule has 0 aromatic heterocycles. The minimum atomic E-state index is -0.0376. The van der Waals surface area contributed by atoms with Crippen LogP contribution in [0.15, 0.2) is 24.3 Å². The van der Waals surface area contributed by atoms with Gasteiger partial charge >= 0.3 is 6.03 Å². The van der Waals surface area contributed by atoms with Crippen molar-refractivity contribution in [3.05, 3.63) is 29.3 Å². The molecule has 1 saturated heterocycles. The van der Waals surface area contributed by atoms with Crippen LogP contribution in [0.1, 0.15) is 25.7 Å². The van der Waals surface area contributed by atoms with Crippen LogP contribution in [0.3, 0.4) is 0 Å².